The van der Waals surface area contributed by atoms with Crippen molar-refractivity contribution in [3.05, 3.63) is 24.0 Å². The summed E-state index contributed by atoms with van der Waals surface area (Å²) in [5, 5.41) is 8.84. The monoisotopic (exact) mass is 195 g/mol. The van der Waals surface area contributed by atoms with Crippen LogP contribution in [0.1, 0.15) is 25.3 Å². The highest BCUT2D eigenvalue weighted by Gasteiger charge is 2.18. The number of pyridine rings is 1. The molecule has 1 aromatic heterocycles. The second-order valence-electron chi connectivity index (χ2n) is 2.91. The molecule has 76 valence electrons. The van der Waals surface area contributed by atoms with Gasteiger partial charge in [0.2, 0.25) is 0 Å². The number of aromatic nitrogens is 1. The van der Waals surface area contributed by atoms with Crippen molar-refractivity contribution in [2.24, 2.45) is 0 Å². The Labute approximate surface area is 82.5 Å². The Hall–Kier alpha value is -1.58. The fraction of sp³-hybridized carbons (Fsp3) is 0.400. The second kappa shape index (κ2) is 4.60. The number of hydrogen-bond donors (Lipinski definition) is 1. The van der Waals surface area contributed by atoms with E-state index < -0.39 is 11.9 Å². The predicted octanol–water partition coefficient (Wildman–Crippen LogP) is 1.67. The van der Waals surface area contributed by atoms with E-state index in [-0.39, 0.29) is 0 Å². The third-order valence-electron chi connectivity index (χ3n) is 1.95. The fourth-order valence-electron chi connectivity index (χ4n) is 1.14. The van der Waals surface area contributed by atoms with E-state index in [2.05, 4.69) is 4.98 Å². The zero-order valence-electron chi connectivity index (χ0n) is 8.23. The van der Waals surface area contributed by atoms with E-state index in [9.17, 15) is 4.79 Å². The lowest BCUT2D eigenvalue weighted by atomic mass is 10.0. The van der Waals surface area contributed by atoms with Crippen molar-refractivity contribution in [2.45, 2.75) is 19.8 Å². The molecule has 0 aliphatic carbocycles. The van der Waals surface area contributed by atoms with Gasteiger partial charge < -0.3 is 9.84 Å². The molecule has 0 spiro atoms. The summed E-state index contributed by atoms with van der Waals surface area (Å²) in [7, 11) is 0. The third-order valence-corrected chi connectivity index (χ3v) is 1.95. The summed E-state index contributed by atoms with van der Waals surface area (Å²) in [6, 6.07) is 1.68. The van der Waals surface area contributed by atoms with Gasteiger partial charge >= 0.3 is 5.97 Å². The van der Waals surface area contributed by atoms with Crippen LogP contribution in [0.2, 0.25) is 0 Å². The molecular weight excluding hydrogens is 182 g/mol. The summed E-state index contributed by atoms with van der Waals surface area (Å²) in [4.78, 5) is 14.7. The topological polar surface area (TPSA) is 59.4 Å². The van der Waals surface area contributed by atoms with Gasteiger partial charge in [-0.15, -0.1) is 0 Å². The minimum atomic E-state index is -0.876. The number of carboxylic acids is 1. The van der Waals surface area contributed by atoms with E-state index in [1.54, 1.807) is 19.2 Å². The summed E-state index contributed by atoms with van der Waals surface area (Å²) >= 11 is 0. The quantitative estimate of drug-likeness (QED) is 0.793. The summed E-state index contributed by atoms with van der Waals surface area (Å²) < 4.78 is 5.30. The maximum absolute atomic E-state index is 10.8. The molecule has 1 atom stereocenters. The fourth-order valence-corrected chi connectivity index (χ4v) is 1.14. The van der Waals surface area contributed by atoms with Gasteiger partial charge in [0.25, 0.3) is 0 Å². The van der Waals surface area contributed by atoms with E-state index in [0.29, 0.717) is 17.9 Å². The molecule has 14 heavy (non-hydrogen) atoms. The van der Waals surface area contributed by atoms with Gasteiger partial charge in [-0.2, -0.15) is 0 Å². The Morgan fingerprint density at radius 2 is 2.43 bits per heavy atom. The molecule has 1 aromatic rings. The van der Waals surface area contributed by atoms with Crippen molar-refractivity contribution in [3.8, 4) is 5.75 Å². The van der Waals surface area contributed by atoms with E-state index in [4.69, 9.17) is 9.84 Å². The number of nitrogens with zero attached hydrogens (tertiary/aromatic N) is 1. The maximum atomic E-state index is 10.8. The van der Waals surface area contributed by atoms with E-state index in [0.717, 1.165) is 0 Å². The normalized spacial score (nSPS) is 12.1. The highest BCUT2D eigenvalue weighted by atomic mass is 16.5. The molecule has 0 saturated carbocycles. The number of hydrogen-bond acceptors (Lipinski definition) is 3. The number of carbonyl (C=O) groups is 1. The Kier molecular flexibility index (Phi) is 3.45. The first-order chi connectivity index (χ1) is 6.66. The molecule has 1 unspecified atom stereocenters. The molecule has 0 bridgehead atoms. The van der Waals surface area contributed by atoms with Crippen molar-refractivity contribution < 1.29 is 14.6 Å². The first-order valence-electron chi connectivity index (χ1n) is 4.46. The standard InChI is InChI=1S/C10H13NO3/c1-3-14-9-4-5-11-6-8(9)7(2)10(12)13/h4-7H,3H2,1-2H3,(H,12,13). The molecule has 0 amide bonds. The first kappa shape index (κ1) is 10.5. The molecule has 0 aromatic carbocycles. The van der Waals surface area contributed by atoms with Crippen LogP contribution in [0.5, 0.6) is 5.75 Å². The third kappa shape index (κ3) is 2.22. The highest BCUT2D eigenvalue weighted by molar-refractivity contribution is 5.76. The van der Waals surface area contributed by atoms with E-state index >= 15 is 0 Å². The Bertz CT molecular complexity index is 325. The zero-order valence-corrected chi connectivity index (χ0v) is 8.23. The lowest BCUT2D eigenvalue weighted by molar-refractivity contribution is -0.138. The summed E-state index contributed by atoms with van der Waals surface area (Å²) in [5.41, 5.74) is 0.613. The molecule has 1 heterocycles. The van der Waals surface area contributed by atoms with Crippen LogP contribution in [0.25, 0.3) is 0 Å². The van der Waals surface area contributed by atoms with Gasteiger partial charge in [-0.1, -0.05) is 0 Å². The maximum Gasteiger partial charge on any atom is 0.310 e. The average molecular weight is 195 g/mol. The van der Waals surface area contributed by atoms with Crippen LogP contribution in [-0.4, -0.2) is 22.7 Å². The van der Waals surface area contributed by atoms with Crippen LogP contribution < -0.4 is 4.74 Å². The average Bonchev–Trinajstić information content (AvgIpc) is 2.18. The van der Waals surface area contributed by atoms with Crippen molar-refractivity contribution in [2.75, 3.05) is 6.61 Å². The minimum Gasteiger partial charge on any atom is -0.493 e. The summed E-state index contributed by atoms with van der Waals surface area (Å²) in [6.07, 6.45) is 3.12. The Balaban J connectivity index is 3.00. The molecule has 0 radical (unpaired) electrons. The van der Waals surface area contributed by atoms with Crippen LogP contribution in [0.3, 0.4) is 0 Å². The van der Waals surface area contributed by atoms with Gasteiger partial charge in [-0.05, 0) is 19.9 Å². The summed E-state index contributed by atoms with van der Waals surface area (Å²) in [6.45, 7) is 3.99. The van der Waals surface area contributed by atoms with Gasteiger partial charge in [0, 0.05) is 18.0 Å². The number of aliphatic carboxylic acids is 1. The van der Waals surface area contributed by atoms with E-state index in [1.807, 2.05) is 6.92 Å². The van der Waals surface area contributed by atoms with Crippen LogP contribution in [0.15, 0.2) is 18.5 Å². The molecule has 0 saturated heterocycles. The van der Waals surface area contributed by atoms with Gasteiger partial charge in [0.05, 0.1) is 12.5 Å². The molecule has 1 N–H and O–H groups in total. The van der Waals surface area contributed by atoms with Crippen molar-refractivity contribution in [1.29, 1.82) is 0 Å². The smallest absolute Gasteiger partial charge is 0.310 e. The molecule has 4 nitrogen and oxygen atoms in total. The van der Waals surface area contributed by atoms with Crippen molar-refractivity contribution in [3.63, 3.8) is 0 Å². The largest absolute Gasteiger partial charge is 0.493 e. The van der Waals surface area contributed by atoms with Crippen LogP contribution in [0.4, 0.5) is 0 Å². The first-order valence-corrected chi connectivity index (χ1v) is 4.46. The number of ether oxygens (including phenoxy) is 1. The highest BCUT2D eigenvalue weighted by Crippen LogP contribution is 2.25. The van der Waals surface area contributed by atoms with Gasteiger partial charge in [-0.3, -0.25) is 9.78 Å². The molecule has 4 heteroatoms. The lowest BCUT2D eigenvalue weighted by Gasteiger charge is -2.11. The molecule has 0 aliphatic heterocycles. The lowest BCUT2D eigenvalue weighted by Crippen LogP contribution is -2.09. The number of rotatable bonds is 4. The minimum absolute atomic E-state index is 0.517. The predicted molar refractivity (Wildman–Crippen MR) is 51.5 cm³/mol. The molecule has 0 fully saturated rings. The Morgan fingerprint density at radius 1 is 1.71 bits per heavy atom. The van der Waals surface area contributed by atoms with Crippen LogP contribution in [-0.2, 0) is 4.79 Å². The van der Waals surface area contributed by atoms with Crippen LogP contribution in [0, 0.1) is 0 Å². The molecule has 1 rings (SSSR count). The van der Waals surface area contributed by atoms with Crippen molar-refractivity contribution in [1.82, 2.24) is 4.98 Å². The zero-order chi connectivity index (χ0) is 10.6. The summed E-state index contributed by atoms with van der Waals surface area (Å²) in [5.74, 6) is -0.874. The number of carboxylic acid groups (broad SMARTS) is 1. The van der Waals surface area contributed by atoms with E-state index in [1.165, 1.54) is 6.20 Å². The van der Waals surface area contributed by atoms with Gasteiger partial charge in [-0.25, -0.2) is 0 Å². The molecular formula is C10H13NO3. The van der Waals surface area contributed by atoms with Gasteiger partial charge in [0.15, 0.2) is 0 Å². The SMILES string of the molecule is CCOc1ccncc1C(C)C(=O)O. The Morgan fingerprint density at radius 3 is 3.00 bits per heavy atom. The van der Waals surface area contributed by atoms with Gasteiger partial charge in [0.1, 0.15) is 5.75 Å². The molecule has 0 aliphatic rings. The van der Waals surface area contributed by atoms with Crippen LogP contribution >= 0.6 is 0 Å². The second-order valence-corrected chi connectivity index (χ2v) is 2.91. The van der Waals surface area contributed by atoms with Crippen molar-refractivity contribution >= 4 is 5.97 Å².